The fraction of sp³-hybridized carbons (Fsp3) is 0.529. The molecule has 0 aromatic carbocycles. The zero-order valence-electron chi connectivity index (χ0n) is 12.3. The van der Waals surface area contributed by atoms with Crippen LogP contribution in [-0.4, -0.2) is 35.7 Å². The number of aliphatic hydroxyl groups is 1. The quantitative estimate of drug-likeness (QED) is 0.838. The second-order valence-corrected chi connectivity index (χ2v) is 5.89. The van der Waals surface area contributed by atoms with Crippen LogP contribution in [0.3, 0.4) is 0 Å². The van der Waals surface area contributed by atoms with Gasteiger partial charge in [0.25, 0.3) is 0 Å². The van der Waals surface area contributed by atoms with Crippen molar-refractivity contribution in [2.24, 2.45) is 5.92 Å². The Morgan fingerprint density at radius 2 is 2.16 bits per heavy atom. The minimum atomic E-state index is 0.0381. The van der Waals surface area contributed by atoms with Gasteiger partial charge in [-0.3, -0.25) is 4.90 Å². The van der Waals surface area contributed by atoms with Crippen molar-refractivity contribution in [3.8, 4) is 0 Å². The highest BCUT2D eigenvalue weighted by Crippen LogP contribution is 2.32. The maximum absolute atomic E-state index is 9.07. The first-order valence-electron chi connectivity index (χ1n) is 7.11. The van der Waals surface area contributed by atoms with Crippen LogP contribution in [0, 0.1) is 5.92 Å². The summed E-state index contributed by atoms with van der Waals surface area (Å²) in [6.07, 6.45) is 15.9. The van der Waals surface area contributed by atoms with E-state index in [4.69, 9.17) is 5.11 Å². The summed E-state index contributed by atoms with van der Waals surface area (Å²) in [6, 6.07) is 0. The predicted molar refractivity (Wildman–Crippen MR) is 81.0 cm³/mol. The van der Waals surface area contributed by atoms with Gasteiger partial charge in [0.2, 0.25) is 0 Å². The van der Waals surface area contributed by atoms with Crippen molar-refractivity contribution in [3.63, 3.8) is 0 Å². The number of allylic oxidation sites excluding steroid dienone is 6. The Kier molecular flexibility index (Phi) is 4.43. The molecule has 0 saturated heterocycles. The molecule has 0 fully saturated rings. The Labute approximate surface area is 116 Å². The Bertz CT molecular complexity index is 444. The third-order valence-electron chi connectivity index (χ3n) is 4.41. The van der Waals surface area contributed by atoms with Gasteiger partial charge >= 0.3 is 0 Å². The number of aliphatic hydroxyl groups excluding tert-OH is 1. The zero-order valence-corrected chi connectivity index (χ0v) is 12.3. The average molecular weight is 259 g/mol. The molecule has 0 aromatic heterocycles. The SMILES string of the molecule is CC1=CCC(C2=CCC(C)(N(C)CCO)C=C2)C=C1. The molecule has 2 atom stereocenters. The lowest BCUT2D eigenvalue weighted by atomic mass is 9.82. The highest BCUT2D eigenvalue weighted by Gasteiger charge is 2.28. The maximum atomic E-state index is 9.07. The van der Waals surface area contributed by atoms with Crippen LogP contribution in [0.1, 0.15) is 26.7 Å². The summed E-state index contributed by atoms with van der Waals surface area (Å²) >= 11 is 0. The number of likely N-dealkylation sites (N-methyl/N-ethyl adjacent to an activating group) is 1. The number of rotatable bonds is 4. The van der Waals surface area contributed by atoms with E-state index in [1.807, 2.05) is 0 Å². The number of hydrogen-bond donors (Lipinski definition) is 1. The van der Waals surface area contributed by atoms with Crippen LogP contribution in [0.25, 0.3) is 0 Å². The summed E-state index contributed by atoms with van der Waals surface area (Å²) in [6.45, 7) is 5.31. The third kappa shape index (κ3) is 3.26. The summed E-state index contributed by atoms with van der Waals surface area (Å²) in [7, 11) is 2.08. The number of nitrogens with zero attached hydrogens (tertiary/aromatic N) is 1. The molecule has 1 N–H and O–H groups in total. The maximum Gasteiger partial charge on any atom is 0.0558 e. The molecule has 0 aliphatic heterocycles. The van der Waals surface area contributed by atoms with E-state index in [1.54, 1.807) is 0 Å². The molecule has 0 amide bonds. The normalized spacial score (nSPS) is 30.5. The van der Waals surface area contributed by atoms with E-state index >= 15 is 0 Å². The summed E-state index contributed by atoms with van der Waals surface area (Å²) < 4.78 is 0. The Morgan fingerprint density at radius 3 is 2.68 bits per heavy atom. The largest absolute Gasteiger partial charge is 0.395 e. The fourth-order valence-corrected chi connectivity index (χ4v) is 2.67. The van der Waals surface area contributed by atoms with Gasteiger partial charge in [0.1, 0.15) is 0 Å². The van der Waals surface area contributed by atoms with Crippen molar-refractivity contribution in [1.82, 2.24) is 4.90 Å². The second kappa shape index (κ2) is 5.89. The van der Waals surface area contributed by atoms with E-state index in [2.05, 4.69) is 62.3 Å². The standard InChI is InChI=1S/C17H25NO/c1-14-4-6-15(7-5-14)16-8-10-17(2,11-9-16)18(3)12-13-19/h4-6,8-10,15,19H,7,11-13H2,1-3H3. The third-order valence-corrected chi connectivity index (χ3v) is 4.41. The van der Waals surface area contributed by atoms with Crippen LogP contribution in [0.5, 0.6) is 0 Å². The summed E-state index contributed by atoms with van der Waals surface area (Å²) in [5.74, 6) is 0.535. The van der Waals surface area contributed by atoms with Crippen molar-refractivity contribution in [3.05, 3.63) is 47.6 Å². The zero-order chi connectivity index (χ0) is 13.9. The molecular weight excluding hydrogens is 234 g/mol. The fourth-order valence-electron chi connectivity index (χ4n) is 2.67. The second-order valence-electron chi connectivity index (χ2n) is 5.89. The first-order valence-corrected chi connectivity index (χ1v) is 7.11. The molecule has 104 valence electrons. The van der Waals surface area contributed by atoms with Crippen LogP contribution >= 0.6 is 0 Å². The van der Waals surface area contributed by atoms with Crippen molar-refractivity contribution >= 4 is 0 Å². The van der Waals surface area contributed by atoms with Gasteiger partial charge < -0.3 is 5.11 Å². The summed E-state index contributed by atoms with van der Waals surface area (Å²) in [4.78, 5) is 2.22. The van der Waals surface area contributed by atoms with Crippen molar-refractivity contribution in [2.75, 3.05) is 20.2 Å². The van der Waals surface area contributed by atoms with Crippen molar-refractivity contribution in [1.29, 1.82) is 0 Å². The average Bonchev–Trinajstić information content (AvgIpc) is 2.41. The van der Waals surface area contributed by atoms with Crippen molar-refractivity contribution in [2.45, 2.75) is 32.2 Å². The molecule has 2 nitrogen and oxygen atoms in total. The van der Waals surface area contributed by atoms with Gasteiger partial charge in [-0.1, -0.05) is 42.0 Å². The Balaban J connectivity index is 2.01. The van der Waals surface area contributed by atoms with E-state index in [9.17, 15) is 0 Å². The van der Waals surface area contributed by atoms with Gasteiger partial charge in [0.05, 0.1) is 6.61 Å². The van der Waals surface area contributed by atoms with Crippen LogP contribution < -0.4 is 0 Å². The molecule has 2 aliphatic carbocycles. The Hall–Kier alpha value is -1.12. The van der Waals surface area contributed by atoms with Gasteiger partial charge in [-0.2, -0.15) is 0 Å². The molecule has 0 aromatic rings. The van der Waals surface area contributed by atoms with Gasteiger partial charge in [-0.25, -0.2) is 0 Å². The molecule has 2 unspecified atom stereocenters. The van der Waals surface area contributed by atoms with Crippen LogP contribution in [0.4, 0.5) is 0 Å². The van der Waals surface area contributed by atoms with Gasteiger partial charge in [0.15, 0.2) is 0 Å². The lowest BCUT2D eigenvalue weighted by Gasteiger charge is -2.38. The van der Waals surface area contributed by atoms with Gasteiger partial charge in [-0.05, 0) is 39.3 Å². The molecule has 2 rings (SSSR count). The lowest BCUT2D eigenvalue weighted by molar-refractivity contribution is 0.144. The molecule has 2 heteroatoms. The number of β-amino-alcohol motifs (C(OH)–C–C–N with tert-alkyl or cyclic N) is 1. The monoisotopic (exact) mass is 259 g/mol. The first kappa shape index (κ1) is 14.3. The smallest absolute Gasteiger partial charge is 0.0558 e. The topological polar surface area (TPSA) is 23.5 Å². The molecule has 0 bridgehead atoms. The van der Waals surface area contributed by atoms with E-state index < -0.39 is 0 Å². The van der Waals surface area contributed by atoms with Crippen LogP contribution in [0.2, 0.25) is 0 Å². The summed E-state index contributed by atoms with van der Waals surface area (Å²) in [5, 5.41) is 9.07. The highest BCUT2D eigenvalue weighted by atomic mass is 16.3. The first-order chi connectivity index (χ1) is 9.05. The molecule has 2 aliphatic rings. The summed E-state index contributed by atoms with van der Waals surface area (Å²) in [5.41, 5.74) is 2.83. The van der Waals surface area contributed by atoms with E-state index in [0.29, 0.717) is 5.92 Å². The van der Waals surface area contributed by atoms with Gasteiger partial charge in [-0.15, -0.1) is 0 Å². The van der Waals surface area contributed by atoms with Gasteiger partial charge in [0, 0.05) is 18.0 Å². The van der Waals surface area contributed by atoms with E-state index in [-0.39, 0.29) is 12.1 Å². The molecule has 0 saturated carbocycles. The predicted octanol–water partition coefficient (Wildman–Crippen LogP) is 3.08. The van der Waals surface area contributed by atoms with Crippen molar-refractivity contribution < 1.29 is 5.11 Å². The Morgan fingerprint density at radius 1 is 1.37 bits per heavy atom. The number of hydrogen-bond acceptors (Lipinski definition) is 2. The minimum absolute atomic E-state index is 0.0381. The minimum Gasteiger partial charge on any atom is -0.395 e. The lowest BCUT2D eigenvalue weighted by Crippen LogP contribution is -2.44. The highest BCUT2D eigenvalue weighted by molar-refractivity contribution is 5.36. The van der Waals surface area contributed by atoms with Crippen LogP contribution in [0.15, 0.2) is 47.6 Å². The molecule has 19 heavy (non-hydrogen) atoms. The van der Waals surface area contributed by atoms with Crippen LogP contribution in [-0.2, 0) is 0 Å². The molecular formula is C17H25NO. The molecule has 0 radical (unpaired) electrons. The van der Waals surface area contributed by atoms with E-state index in [0.717, 1.165) is 19.4 Å². The molecule has 0 spiro atoms. The molecule has 0 heterocycles. The van der Waals surface area contributed by atoms with E-state index in [1.165, 1.54) is 11.1 Å².